The van der Waals surface area contributed by atoms with Crippen LogP contribution in [0.25, 0.3) is 0 Å². The summed E-state index contributed by atoms with van der Waals surface area (Å²) in [5.41, 5.74) is -4.45. The number of halogens is 6. The number of nitrogens with one attached hydrogen (secondary N) is 2. The average molecular weight is 486 g/mol. The maximum atomic E-state index is 13.1. The van der Waals surface area contributed by atoms with Gasteiger partial charge in [0, 0.05) is 24.7 Å². The van der Waals surface area contributed by atoms with Gasteiger partial charge in [-0.05, 0) is 52.3 Å². The monoisotopic (exact) mass is 486 g/mol. The molecule has 0 spiro atoms. The highest BCUT2D eigenvalue weighted by Gasteiger charge is 2.43. The Hall–Kier alpha value is -2.50. The number of alkyl halides is 6. The topological polar surface area (TPSA) is 76.7 Å². The quantitative estimate of drug-likeness (QED) is 0.387. The Labute approximate surface area is 188 Å². The smallest absolute Gasteiger partial charge is 0.417 e. The second-order valence-corrected chi connectivity index (χ2v) is 8.41. The van der Waals surface area contributed by atoms with E-state index >= 15 is 0 Å². The predicted octanol–water partition coefficient (Wildman–Crippen LogP) is 4.78. The number of hydrogen-bond acceptors (Lipinski definition) is 6. The van der Waals surface area contributed by atoms with Crippen LogP contribution in [0.4, 0.5) is 32.0 Å². The molecule has 0 saturated heterocycles. The summed E-state index contributed by atoms with van der Waals surface area (Å²) in [6, 6.07) is 0.166. The van der Waals surface area contributed by atoms with E-state index in [1.807, 2.05) is 0 Å². The first-order valence-corrected chi connectivity index (χ1v) is 10.0. The van der Waals surface area contributed by atoms with Crippen LogP contribution < -0.4 is 10.6 Å². The molecular weight excluding hydrogens is 458 g/mol. The minimum Gasteiger partial charge on any atom is -0.468 e. The fourth-order valence-electron chi connectivity index (χ4n) is 2.87. The fourth-order valence-corrected chi connectivity index (χ4v) is 2.87. The Morgan fingerprint density at radius 1 is 1.00 bits per heavy atom. The van der Waals surface area contributed by atoms with Gasteiger partial charge in [0.2, 0.25) is 0 Å². The van der Waals surface area contributed by atoms with Gasteiger partial charge < -0.3 is 20.1 Å². The number of hydrogen-bond donors (Lipinski definition) is 2. The molecule has 0 aliphatic carbocycles. The van der Waals surface area contributed by atoms with Crippen molar-refractivity contribution < 1.29 is 45.4 Å². The molecule has 33 heavy (non-hydrogen) atoms. The molecular formula is C21H28F6N2O4. The molecule has 1 aromatic rings. The van der Waals surface area contributed by atoms with Crippen LogP contribution in [0.15, 0.2) is 18.2 Å². The van der Waals surface area contributed by atoms with Crippen LogP contribution in [-0.2, 0) is 31.4 Å². The number of methoxy groups -OCH3 is 1. The van der Waals surface area contributed by atoms with Crippen molar-refractivity contribution >= 4 is 17.6 Å². The number of benzene rings is 1. The van der Waals surface area contributed by atoms with Crippen LogP contribution >= 0.6 is 0 Å². The largest absolute Gasteiger partial charge is 0.468 e. The maximum absolute atomic E-state index is 13.1. The van der Waals surface area contributed by atoms with Crippen molar-refractivity contribution in [3.63, 3.8) is 0 Å². The van der Waals surface area contributed by atoms with E-state index in [1.54, 1.807) is 27.7 Å². The highest BCUT2D eigenvalue weighted by molar-refractivity contribution is 5.77. The second-order valence-electron chi connectivity index (χ2n) is 8.41. The number of carbonyl (C=O) groups excluding carboxylic acids is 2. The lowest BCUT2D eigenvalue weighted by Crippen LogP contribution is -2.43. The molecule has 0 aromatic heterocycles. The van der Waals surface area contributed by atoms with E-state index in [0.29, 0.717) is 12.1 Å². The Kier molecular flexibility index (Phi) is 9.58. The number of anilines is 1. The third kappa shape index (κ3) is 9.89. The van der Waals surface area contributed by atoms with Crippen LogP contribution in [0.3, 0.4) is 0 Å². The van der Waals surface area contributed by atoms with E-state index in [9.17, 15) is 35.9 Å². The molecule has 0 heterocycles. The van der Waals surface area contributed by atoms with Crippen molar-refractivity contribution in [1.29, 1.82) is 0 Å². The Balaban J connectivity index is 2.82. The lowest BCUT2D eigenvalue weighted by Gasteiger charge is -2.23. The molecule has 0 saturated carbocycles. The molecule has 0 aliphatic rings. The first-order valence-electron chi connectivity index (χ1n) is 10.0. The lowest BCUT2D eigenvalue weighted by atomic mass is 10.1. The molecule has 0 aliphatic heterocycles. The van der Waals surface area contributed by atoms with Gasteiger partial charge in [0.15, 0.2) is 0 Å². The Morgan fingerprint density at radius 3 is 2.06 bits per heavy atom. The second kappa shape index (κ2) is 11.1. The van der Waals surface area contributed by atoms with Crippen molar-refractivity contribution in [2.24, 2.45) is 0 Å². The number of carbonyl (C=O) groups is 2. The minimum atomic E-state index is -5.19. The molecule has 0 bridgehead atoms. The summed E-state index contributed by atoms with van der Waals surface area (Å²) in [4.78, 5) is 23.9. The molecule has 1 rings (SSSR count). The van der Waals surface area contributed by atoms with Crippen LogP contribution in [0, 0.1) is 0 Å². The van der Waals surface area contributed by atoms with Crippen molar-refractivity contribution in [3.05, 3.63) is 29.3 Å². The summed E-state index contributed by atoms with van der Waals surface area (Å²) in [6.45, 7) is 6.68. The molecule has 0 unspecified atom stereocenters. The van der Waals surface area contributed by atoms with Crippen molar-refractivity contribution in [3.8, 4) is 0 Å². The number of ether oxygens (including phenoxy) is 2. The molecule has 0 amide bonds. The predicted molar refractivity (Wildman–Crippen MR) is 108 cm³/mol. The lowest BCUT2D eigenvalue weighted by molar-refractivity contribution is -0.162. The minimum absolute atomic E-state index is 0.0382. The summed E-state index contributed by atoms with van der Waals surface area (Å²) < 4.78 is 87.9. The van der Waals surface area contributed by atoms with Gasteiger partial charge in [0.1, 0.15) is 11.6 Å². The standard InChI is InChI=1S/C21H28F6N2O4/c1-12(11-28-16(18(31)32-5)8-9-17(30)33-19(2,3)4)29-13-6-7-14(20(22,23)24)15(10-13)21(25,26)27/h6-7,10,12,16,28-29H,8-9,11H2,1-5H3/t12-,16+/m1/s1. The average Bonchev–Trinajstić information content (AvgIpc) is 2.64. The number of esters is 2. The third-order valence-corrected chi connectivity index (χ3v) is 4.26. The third-order valence-electron chi connectivity index (χ3n) is 4.26. The number of rotatable bonds is 9. The highest BCUT2D eigenvalue weighted by Crippen LogP contribution is 2.41. The summed E-state index contributed by atoms with van der Waals surface area (Å²) in [7, 11) is 1.16. The van der Waals surface area contributed by atoms with Crippen LogP contribution in [0.5, 0.6) is 0 Å². The molecule has 188 valence electrons. The van der Waals surface area contributed by atoms with Gasteiger partial charge in [0.25, 0.3) is 0 Å². The van der Waals surface area contributed by atoms with Gasteiger partial charge in [-0.2, -0.15) is 26.3 Å². The van der Waals surface area contributed by atoms with Crippen LogP contribution in [0.1, 0.15) is 51.7 Å². The van der Waals surface area contributed by atoms with E-state index in [2.05, 4.69) is 15.4 Å². The van der Waals surface area contributed by atoms with E-state index in [4.69, 9.17) is 4.74 Å². The Morgan fingerprint density at radius 2 is 1.58 bits per heavy atom. The highest BCUT2D eigenvalue weighted by atomic mass is 19.4. The normalized spacial score (nSPS) is 14.4. The molecule has 2 N–H and O–H groups in total. The van der Waals surface area contributed by atoms with Gasteiger partial charge in [-0.15, -0.1) is 0 Å². The van der Waals surface area contributed by atoms with E-state index in [0.717, 1.165) is 13.2 Å². The van der Waals surface area contributed by atoms with Gasteiger partial charge in [-0.1, -0.05) is 0 Å². The fraction of sp³-hybridized carbons (Fsp3) is 0.619. The molecule has 2 atom stereocenters. The summed E-state index contributed by atoms with van der Waals surface area (Å²) >= 11 is 0. The van der Waals surface area contributed by atoms with Gasteiger partial charge in [-0.3, -0.25) is 9.59 Å². The first-order chi connectivity index (χ1) is 14.9. The van der Waals surface area contributed by atoms with Crippen molar-refractivity contribution in [2.75, 3.05) is 19.0 Å². The van der Waals surface area contributed by atoms with Crippen molar-refractivity contribution in [1.82, 2.24) is 5.32 Å². The molecule has 6 nitrogen and oxygen atoms in total. The zero-order valence-corrected chi connectivity index (χ0v) is 18.9. The maximum Gasteiger partial charge on any atom is 0.417 e. The zero-order chi connectivity index (χ0) is 25.6. The van der Waals surface area contributed by atoms with Crippen molar-refractivity contribution in [2.45, 2.75) is 70.6 Å². The SMILES string of the molecule is COC(=O)[C@H](CCC(=O)OC(C)(C)C)NC[C@@H](C)Nc1ccc(C(F)(F)F)c(C(F)(F)F)c1. The zero-order valence-electron chi connectivity index (χ0n) is 18.9. The first kappa shape index (κ1) is 28.5. The van der Waals surface area contributed by atoms with E-state index < -0.39 is 53.1 Å². The molecule has 0 radical (unpaired) electrons. The van der Waals surface area contributed by atoms with Gasteiger partial charge in [0.05, 0.1) is 18.2 Å². The van der Waals surface area contributed by atoms with Crippen LogP contribution in [-0.4, -0.2) is 43.3 Å². The van der Waals surface area contributed by atoms with Crippen LogP contribution in [0.2, 0.25) is 0 Å². The van der Waals surface area contributed by atoms with E-state index in [-0.39, 0.29) is 25.1 Å². The summed E-state index contributed by atoms with van der Waals surface area (Å²) in [5.74, 6) is -1.17. The Bertz CT molecular complexity index is 818. The summed E-state index contributed by atoms with van der Waals surface area (Å²) in [6.07, 6.45) is -10.4. The molecule has 12 heteroatoms. The van der Waals surface area contributed by atoms with Gasteiger partial charge in [-0.25, -0.2) is 0 Å². The molecule has 1 aromatic carbocycles. The van der Waals surface area contributed by atoms with Gasteiger partial charge >= 0.3 is 24.3 Å². The van der Waals surface area contributed by atoms with E-state index in [1.165, 1.54) is 0 Å². The molecule has 0 fully saturated rings. The summed E-state index contributed by atoms with van der Waals surface area (Å²) in [5, 5.41) is 5.51.